The number of hydrogen-bond donors (Lipinski definition) is 3. The van der Waals surface area contributed by atoms with Crippen LogP contribution in [0, 0.1) is 6.92 Å². The number of amides is 1. The largest absolute Gasteiger partial charge is 0.370 e. The minimum absolute atomic E-state index is 0.0310. The molecule has 3 aromatic rings. The topological polar surface area (TPSA) is 96.0 Å². The molecular weight excluding hydrogens is 366 g/mol. The molecule has 0 radical (unpaired) electrons. The van der Waals surface area contributed by atoms with Gasteiger partial charge in [-0.1, -0.05) is 12.1 Å². The third-order valence-electron chi connectivity index (χ3n) is 4.16. The molecule has 0 aliphatic heterocycles. The minimum Gasteiger partial charge on any atom is -0.370 e. The van der Waals surface area contributed by atoms with Crippen molar-refractivity contribution in [3.05, 3.63) is 71.5 Å². The second-order valence-corrected chi connectivity index (χ2v) is 6.51. The Hall–Kier alpha value is -3.74. The molecule has 1 amide bonds. The number of Topliss-reactive ketones (excluding diaryl/α,β-unsaturated/α-hetero) is 1. The van der Waals surface area contributed by atoms with Gasteiger partial charge in [0, 0.05) is 35.1 Å². The lowest BCUT2D eigenvalue weighted by Gasteiger charge is -2.10. The Kier molecular flexibility index (Phi) is 6.19. The van der Waals surface area contributed by atoms with Crippen molar-refractivity contribution in [2.24, 2.45) is 0 Å². The Morgan fingerprint density at radius 1 is 0.862 bits per heavy atom. The lowest BCUT2D eigenvalue weighted by Crippen LogP contribution is -2.12. The summed E-state index contributed by atoms with van der Waals surface area (Å²) in [5.74, 6) is 1.86. The summed E-state index contributed by atoms with van der Waals surface area (Å²) in [6.07, 6.45) is 0. The van der Waals surface area contributed by atoms with E-state index in [9.17, 15) is 9.59 Å². The van der Waals surface area contributed by atoms with Crippen molar-refractivity contribution in [2.45, 2.75) is 20.8 Å². The summed E-state index contributed by atoms with van der Waals surface area (Å²) in [6, 6.07) is 15.8. The molecule has 0 aliphatic rings. The molecule has 0 aliphatic carbocycles. The summed E-state index contributed by atoms with van der Waals surface area (Å²) in [5, 5.41) is 9.26. The average Bonchev–Trinajstić information content (AvgIpc) is 2.69. The Morgan fingerprint density at radius 2 is 1.45 bits per heavy atom. The first kappa shape index (κ1) is 20.0. The summed E-state index contributed by atoms with van der Waals surface area (Å²) >= 11 is 0. The molecule has 0 fully saturated rings. The van der Waals surface area contributed by atoms with E-state index in [1.807, 2.05) is 44.2 Å². The highest BCUT2D eigenvalue weighted by Crippen LogP contribution is 2.20. The van der Waals surface area contributed by atoms with Gasteiger partial charge >= 0.3 is 0 Å². The van der Waals surface area contributed by atoms with E-state index in [4.69, 9.17) is 0 Å². The highest BCUT2D eigenvalue weighted by molar-refractivity contribution is 6.05. The van der Waals surface area contributed by atoms with Crippen LogP contribution >= 0.6 is 0 Å². The molecule has 3 rings (SSSR count). The molecule has 0 bridgehead atoms. The van der Waals surface area contributed by atoms with Crippen LogP contribution in [0.5, 0.6) is 0 Å². The van der Waals surface area contributed by atoms with Gasteiger partial charge in [-0.05, 0) is 57.2 Å². The van der Waals surface area contributed by atoms with Gasteiger partial charge in [0.05, 0.1) is 0 Å². The van der Waals surface area contributed by atoms with E-state index in [1.165, 1.54) is 6.92 Å². The maximum atomic E-state index is 12.4. The summed E-state index contributed by atoms with van der Waals surface area (Å²) in [4.78, 5) is 32.4. The number of aromatic nitrogens is 2. The summed E-state index contributed by atoms with van der Waals surface area (Å²) in [5.41, 5.74) is 2.58. The van der Waals surface area contributed by atoms with Gasteiger partial charge in [0.1, 0.15) is 17.5 Å². The van der Waals surface area contributed by atoms with Crippen LogP contribution < -0.4 is 16.0 Å². The molecule has 2 aromatic carbocycles. The first-order chi connectivity index (χ1) is 13.9. The Morgan fingerprint density at radius 3 is 2.07 bits per heavy atom. The van der Waals surface area contributed by atoms with Crippen molar-refractivity contribution in [3.63, 3.8) is 0 Å². The second kappa shape index (κ2) is 8.97. The SMILES string of the molecule is CCNc1cc(Nc2ccc(NC(=O)c3ccc(C(C)=O)cc3)cc2)nc(C)n1. The molecule has 148 valence electrons. The molecule has 0 saturated heterocycles. The van der Waals surface area contributed by atoms with Gasteiger partial charge in [-0.2, -0.15) is 0 Å². The quantitative estimate of drug-likeness (QED) is 0.518. The predicted molar refractivity (Wildman–Crippen MR) is 115 cm³/mol. The Labute approximate surface area is 169 Å². The van der Waals surface area contributed by atoms with Gasteiger partial charge < -0.3 is 16.0 Å². The van der Waals surface area contributed by atoms with E-state index in [0.29, 0.717) is 28.5 Å². The maximum Gasteiger partial charge on any atom is 0.255 e. The summed E-state index contributed by atoms with van der Waals surface area (Å²) in [6.45, 7) is 6.12. The summed E-state index contributed by atoms with van der Waals surface area (Å²) < 4.78 is 0. The highest BCUT2D eigenvalue weighted by Gasteiger charge is 2.08. The smallest absolute Gasteiger partial charge is 0.255 e. The fourth-order valence-corrected chi connectivity index (χ4v) is 2.75. The average molecular weight is 389 g/mol. The number of carbonyl (C=O) groups excluding carboxylic acids is 2. The second-order valence-electron chi connectivity index (χ2n) is 6.51. The predicted octanol–water partition coefficient (Wildman–Crippen LogP) is 4.42. The molecule has 1 heterocycles. The van der Waals surface area contributed by atoms with Crippen LogP contribution in [0.3, 0.4) is 0 Å². The number of anilines is 4. The third kappa shape index (κ3) is 5.38. The van der Waals surface area contributed by atoms with Gasteiger partial charge in [0.15, 0.2) is 5.78 Å². The van der Waals surface area contributed by atoms with Crippen LogP contribution in [0.2, 0.25) is 0 Å². The van der Waals surface area contributed by atoms with Crippen LogP contribution in [0.25, 0.3) is 0 Å². The number of rotatable bonds is 7. The van der Waals surface area contributed by atoms with E-state index in [-0.39, 0.29) is 11.7 Å². The molecule has 7 nitrogen and oxygen atoms in total. The lowest BCUT2D eigenvalue weighted by atomic mass is 10.1. The van der Waals surface area contributed by atoms with Crippen LogP contribution in [0.15, 0.2) is 54.6 Å². The molecular formula is C22H23N5O2. The van der Waals surface area contributed by atoms with Crippen molar-refractivity contribution < 1.29 is 9.59 Å². The number of hydrogen-bond acceptors (Lipinski definition) is 6. The van der Waals surface area contributed by atoms with E-state index in [1.54, 1.807) is 24.3 Å². The van der Waals surface area contributed by atoms with E-state index in [2.05, 4.69) is 25.9 Å². The maximum absolute atomic E-state index is 12.4. The molecule has 0 spiro atoms. The van der Waals surface area contributed by atoms with Gasteiger partial charge in [-0.3, -0.25) is 9.59 Å². The van der Waals surface area contributed by atoms with Crippen molar-refractivity contribution in [3.8, 4) is 0 Å². The minimum atomic E-state index is -0.234. The monoisotopic (exact) mass is 389 g/mol. The first-order valence-electron chi connectivity index (χ1n) is 9.33. The molecule has 3 N–H and O–H groups in total. The first-order valence-corrected chi connectivity index (χ1v) is 9.33. The fourth-order valence-electron chi connectivity index (χ4n) is 2.75. The molecule has 1 aromatic heterocycles. The standard InChI is InChI=1S/C22H23N5O2/c1-4-23-20-13-21(25-15(3)24-20)26-18-9-11-19(12-10-18)27-22(29)17-7-5-16(6-8-17)14(2)28/h5-13H,4H2,1-3H3,(H,27,29)(H2,23,24,25,26). The summed E-state index contributed by atoms with van der Waals surface area (Å²) in [7, 11) is 0. The van der Waals surface area contributed by atoms with Crippen molar-refractivity contribution in [1.82, 2.24) is 9.97 Å². The molecule has 0 saturated carbocycles. The van der Waals surface area contributed by atoms with Crippen LogP contribution in [-0.2, 0) is 0 Å². The normalized spacial score (nSPS) is 10.3. The van der Waals surface area contributed by atoms with Crippen molar-refractivity contribution in [2.75, 3.05) is 22.5 Å². The number of benzene rings is 2. The zero-order valence-corrected chi connectivity index (χ0v) is 16.6. The van der Waals surface area contributed by atoms with Crippen LogP contribution in [0.1, 0.15) is 40.4 Å². The zero-order chi connectivity index (χ0) is 20.8. The third-order valence-corrected chi connectivity index (χ3v) is 4.16. The number of nitrogens with zero attached hydrogens (tertiary/aromatic N) is 2. The van der Waals surface area contributed by atoms with Gasteiger partial charge in [-0.25, -0.2) is 9.97 Å². The van der Waals surface area contributed by atoms with Crippen LogP contribution in [-0.4, -0.2) is 28.2 Å². The lowest BCUT2D eigenvalue weighted by molar-refractivity contribution is 0.101. The fraction of sp³-hybridized carbons (Fsp3) is 0.182. The number of nitrogens with one attached hydrogen (secondary N) is 3. The van der Waals surface area contributed by atoms with Gasteiger partial charge in [0.25, 0.3) is 5.91 Å². The Balaban J connectivity index is 1.65. The van der Waals surface area contributed by atoms with Crippen molar-refractivity contribution in [1.29, 1.82) is 0 Å². The molecule has 0 unspecified atom stereocenters. The molecule has 7 heteroatoms. The van der Waals surface area contributed by atoms with Crippen LogP contribution in [0.4, 0.5) is 23.0 Å². The van der Waals surface area contributed by atoms with E-state index >= 15 is 0 Å². The Bertz CT molecular complexity index is 1010. The zero-order valence-electron chi connectivity index (χ0n) is 16.6. The van der Waals surface area contributed by atoms with E-state index < -0.39 is 0 Å². The molecule has 0 atom stereocenters. The number of carbonyl (C=O) groups is 2. The molecule has 29 heavy (non-hydrogen) atoms. The van der Waals surface area contributed by atoms with Crippen molar-refractivity contribution >= 4 is 34.7 Å². The van der Waals surface area contributed by atoms with E-state index in [0.717, 1.165) is 18.1 Å². The van der Waals surface area contributed by atoms with Gasteiger partial charge in [0.2, 0.25) is 0 Å². The number of aryl methyl sites for hydroxylation is 1. The number of ketones is 1. The highest BCUT2D eigenvalue weighted by atomic mass is 16.1. The van der Waals surface area contributed by atoms with Gasteiger partial charge in [-0.15, -0.1) is 0 Å².